The Balaban J connectivity index is 2.75. The highest BCUT2D eigenvalue weighted by Gasteiger charge is 2.19. The van der Waals surface area contributed by atoms with E-state index in [0.717, 1.165) is 0 Å². The third-order valence-corrected chi connectivity index (χ3v) is 2.61. The van der Waals surface area contributed by atoms with Gasteiger partial charge >= 0.3 is 5.97 Å². The monoisotopic (exact) mass is 235 g/mol. The second-order valence-electron chi connectivity index (χ2n) is 3.95. The van der Waals surface area contributed by atoms with Gasteiger partial charge in [0.2, 0.25) is 0 Å². The molecule has 0 radical (unpaired) electrons. The molecule has 4 heteroatoms. The summed E-state index contributed by atoms with van der Waals surface area (Å²) in [5, 5.41) is 8.84. The smallest absolute Gasteiger partial charge is 0.308 e. The first-order chi connectivity index (χ1) is 8.06. The average Bonchev–Trinajstić information content (AvgIpc) is 2.35. The Labute approximate surface area is 101 Å². The first kappa shape index (κ1) is 13.2. The molecule has 1 amide bonds. The number of hydrogen-bond acceptors (Lipinski definition) is 2. The fraction of sp³-hybridized carbons (Fsp3) is 0.385. The summed E-state index contributed by atoms with van der Waals surface area (Å²) in [7, 11) is 0. The van der Waals surface area contributed by atoms with E-state index in [4.69, 9.17) is 5.11 Å². The van der Waals surface area contributed by atoms with E-state index in [1.165, 1.54) is 0 Å². The van der Waals surface area contributed by atoms with Crippen LogP contribution in [0.3, 0.4) is 0 Å². The molecule has 1 aromatic rings. The van der Waals surface area contributed by atoms with Gasteiger partial charge in [-0.25, -0.2) is 0 Å². The molecular weight excluding hydrogens is 218 g/mol. The molecule has 0 aromatic heterocycles. The van der Waals surface area contributed by atoms with E-state index in [2.05, 4.69) is 0 Å². The van der Waals surface area contributed by atoms with Crippen LogP contribution in [0.5, 0.6) is 0 Å². The number of rotatable bonds is 5. The Morgan fingerprint density at radius 3 is 2.35 bits per heavy atom. The van der Waals surface area contributed by atoms with Gasteiger partial charge in [-0.15, -0.1) is 0 Å². The minimum Gasteiger partial charge on any atom is -0.481 e. The third kappa shape index (κ3) is 3.59. The van der Waals surface area contributed by atoms with Gasteiger partial charge in [0.25, 0.3) is 5.91 Å². The molecule has 0 heterocycles. The first-order valence-corrected chi connectivity index (χ1v) is 5.63. The molecule has 0 aliphatic carbocycles. The van der Waals surface area contributed by atoms with Gasteiger partial charge in [-0.3, -0.25) is 9.59 Å². The van der Waals surface area contributed by atoms with E-state index < -0.39 is 11.9 Å². The topological polar surface area (TPSA) is 57.6 Å². The molecule has 1 N–H and O–H groups in total. The van der Waals surface area contributed by atoms with Crippen molar-refractivity contribution in [2.45, 2.75) is 13.8 Å². The van der Waals surface area contributed by atoms with Gasteiger partial charge < -0.3 is 10.0 Å². The Hall–Kier alpha value is -1.84. The number of carboxylic acids is 1. The Bertz CT molecular complexity index is 389. The Morgan fingerprint density at radius 1 is 1.29 bits per heavy atom. The molecule has 0 bridgehead atoms. The van der Waals surface area contributed by atoms with Gasteiger partial charge in [0.1, 0.15) is 0 Å². The average molecular weight is 235 g/mol. The van der Waals surface area contributed by atoms with Crippen LogP contribution in [-0.4, -0.2) is 35.0 Å². The largest absolute Gasteiger partial charge is 0.481 e. The maximum atomic E-state index is 12.1. The van der Waals surface area contributed by atoms with Gasteiger partial charge in [0, 0.05) is 18.7 Å². The van der Waals surface area contributed by atoms with Crippen molar-refractivity contribution in [1.82, 2.24) is 4.90 Å². The number of nitrogens with zero attached hydrogens (tertiary/aromatic N) is 1. The van der Waals surface area contributed by atoms with Crippen LogP contribution in [-0.2, 0) is 4.79 Å². The molecule has 0 saturated heterocycles. The van der Waals surface area contributed by atoms with Crippen molar-refractivity contribution in [2.75, 3.05) is 13.1 Å². The maximum absolute atomic E-state index is 12.1. The zero-order valence-corrected chi connectivity index (χ0v) is 10.1. The van der Waals surface area contributed by atoms with E-state index in [-0.39, 0.29) is 12.5 Å². The van der Waals surface area contributed by atoms with Crippen LogP contribution in [0.4, 0.5) is 0 Å². The van der Waals surface area contributed by atoms with Crippen molar-refractivity contribution in [2.24, 2.45) is 5.92 Å². The van der Waals surface area contributed by atoms with E-state index in [0.29, 0.717) is 12.1 Å². The van der Waals surface area contributed by atoms with Gasteiger partial charge in [-0.2, -0.15) is 0 Å². The molecule has 17 heavy (non-hydrogen) atoms. The summed E-state index contributed by atoms with van der Waals surface area (Å²) < 4.78 is 0. The van der Waals surface area contributed by atoms with Crippen molar-refractivity contribution in [3.8, 4) is 0 Å². The van der Waals surface area contributed by atoms with E-state index in [1.807, 2.05) is 13.0 Å². The summed E-state index contributed by atoms with van der Waals surface area (Å²) >= 11 is 0. The van der Waals surface area contributed by atoms with Crippen molar-refractivity contribution >= 4 is 11.9 Å². The number of carbonyl (C=O) groups excluding carboxylic acids is 1. The summed E-state index contributed by atoms with van der Waals surface area (Å²) in [6, 6.07) is 8.89. The summed E-state index contributed by atoms with van der Waals surface area (Å²) in [6.45, 7) is 4.18. The zero-order valence-electron chi connectivity index (χ0n) is 10.1. The quantitative estimate of drug-likeness (QED) is 0.847. The number of benzene rings is 1. The second-order valence-corrected chi connectivity index (χ2v) is 3.95. The lowest BCUT2D eigenvalue weighted by Crippen LogP contribution is -2.36. The van der Waals surface area contributed by atoms with Gasteiger partial charge in [-0.1, -0.05) is 25.1 Å². The fourth-order valence-electron chi connectivity index (χ4n) is 1.53. The zero-order chi connectivity index (χ0) is 12.8. The van der Waals surface area contributed by atoms with Crippen LogP contribution in [0, 0.1) is 5.92 Å². The number of aliphatic carboxylic acids is 1. The van der Waals surface area contributed by atoms with Crippen molar-refractivity contribution in [3.63, 3.8) is 0 Å². The molecule has 0 aliphatic rings. The lowest BCUT2D eigenvalue weighted by molar-refractivity contribution is -0.141. The minimum absolute atomic E-state index is 0.124. The minimum atomic E-state index is -0.885. The molecular formula is C13H17NO3. The highest BCUT2D eigenvalue weighted by molar-refractivity contribution is 5.94. The molecule has 1 rings (SSSR count). The third-order valence-electron chi connectivity index (χ3n) is 2.61. The molecule has 0 aliphatic heterocycles. The fourth-order valence-corrected chi connectivity index (χ4v) is 1.53. The predicted octanol–water partition coefficient (Wildman–Crippen LogP) is 1.87. The molecule has 1 atom stereocenters. The molecule has 92 valence electrons. The van der Waals surface area contributed by atoms with Crippen LogP contribution in [0.1, 0.15) is 24.2 Å². The van der Waals surface area contributed by atoms with Gasteiger partial charge in [0.05, 0.1) is 5.92 Å². The SMILES string of the molecule is CCN(CC(C)C(=O)O)C(=O)c1ccccc1. The van der Waals surface area contributed by atoms with Crippen LogP contribution in [0.2, 0.25) is 0 Å². The summed E-state index contributed by atoms with van der Waals surface area (Å²) in [5.74, 6) is -1.56. The summed E-state index contributed by atoms with van der Waals surface area (Å²) in [4.78, 5) is 24.4. The van der Waals surface area contributed by atoms with Crippen LogP contribution in [0.15, 0.2) is 30.3 Å². The van der Waals surface area contributed by atoms with Crippen molar-refractivity contribution in [1.29, 1.82) is 0 Å². The Morgan fingerprint density at radius 2 is 1.88 bits per heavy atom. The number of hydrogen-bond donors (Lipinski definition) is 1. The van der Waals surface area contributed by atoms with Crippen molar-refractivity contribution in [3.05, 3.63) is 35.9 Å². The van der Waals surface area contributed by atoms with Crippen LogP contribution in [0.25, 0.3) is 0 Å². The molecule has 1 aromatic carbocycles. The first-order valence-electron chi connectivity index (χ1n) is 5.63. The summed E-state index contributed by atoms with van der Waals surface area (Å²) in [6.07, 6.45) is 0. The van der Waals surface area contributed by atoms with E-state index in [9.17, 15) is 9.59 Å². The lowest BCUT2D eigenvalue weighted by atomic mass is 10.1. The van der Waals surface area contributed by atoms with E-state index >= 15 is 0 Å². The van der Waals surface area contributed by atoms with Gasteiger partial charge in [0.15, 0.2) is 0 Å². The van der Waals surface area contributed by atoms with E-state index in [1.54, 1.807) is 36.1 Å². The Kier molecular flexibility index (Phi) is 4.69. The summed E-state index contributed by atoms with van der Waals surface area (Å²) in [5.41, 5.74) is 0.590. The highest BCUT2D eigenvalue weighted by atomic mass is 16.4. The normalized spacial score (nSPS) is 11.9. The molecule has 0 spiro atoms. The van der Waals surface area contributed by atoms with Crippen molar-refractivity contribution < 1.29 is 14.7 Å². The highest BCUT2D eigenvalue weighted by Crippen LogP contribution is 2.07. The number of carboxylic acid groups (broad SMARTS) is 1. The predicted molar refractivity (Wildman–Crippen MR) is 64.8 cm³/mol. The lowest BCUT2D eigenvalue weighted by Gasteiger charge is -2.22. The molecule has 1 unspecified atom stereocenters. The molecule has 0 saturated carbocycles. The van der Waals surface area contributed by atoms with Crippen LogP contribution < -0.4 is 0 Å². The van der Waals surface area contributed by atoms with Crippen LogP contribution >= 0.6 is 0 Å². The molecule has 4 nitrogen and oxygen atoms in total. The number of amides is 1. The molecule has 0 fully saturated rings. The second kappa shape index (κ2) is 6.03. The van der Waals surface area contributed by atoms with Gasteiger partial charge in [-0.05, 0) is 19.1 Å². The number of carbonyl (C=O) groups is 2. The maximum Gasteiger partial charge on any atom is 0.308 e. The standard InChI is InChI=1S/C13H17NO3/c1-3-14(9-10(2)13(16)17)12(15)11-7-5-4-6-8-11/h4-8,10H,3,9H2,1-2H3,(H,16,17).